The van der Waals surface area contributed by atoms with Gasteiger partial charge in [-0.05, 0) is 36.4 Å². The van der Waals surface area contributed by atoms with E-state index in [4.69, 9.17) is 32.4 Å². The highest BCUT2D eigenvalue weighted by Gasteiger charge is 2.13. The minimum absolute atomic E-state index is 0.211. The highest BCUT2D eigenvalue weighted by atomic mass is 35.5. The molecule has 1 heterocycles. The first-order valence-electron chi connectivity index (χ1n) is 9.01. The number of hydrogen-bond donors (Lipinski definition) is 1. The van der Waals surface area contributed by atoms with Crippen LogP contribution in [-0.4, -0.2) is 12.5 Å². The van der Waals surface area contributed by atoms with Crippen LogP contribution in [0.25, 0.3) is 22.1 Å². The zero-order valence-electron chi connectivity index (χ0n) is 15.5. The van der Waals surface area contributed by atoms with Gasteiger partial charge in [-0.15, -0.1) is 0 Å². The molecule has 0 atom stereocenters. The Morgan fingerprint density at radius 3 is 2.47 bits per heavy atom. The number of benzene rings is 3. The van der Waals surface area contributed by atoms with Gasteiger partial charge >= 0.3 is 5.63 Å². The van der Waals surface area contributed by atoms with Gasteiger partial charge in [0.2, 0.25) is 0 Å². The van der Waals surface area contributed by atoms with Gasteiger partial charge in [-0.1, -0.05) is 59.6 Å². The number of anilines is 1. The molecule has 30 heavy (non-hydrogen) atoms. The second kappa shape index (κ2) is 8.61. The number of halogens is 2. The minimum Gasteiger partial charge on any atom is -0.482 e. The van der Waals surface area contributed by atoms with Crippen LogP contribution in [0.3, 0.4) is 0 Å². The summed E-state index contributed by atoms with van der Waals surface area (Å²) in [6, 6.07) is 20.7. The van der Waals surface area contributed by atoms with Crippen LogP contribution in [0.4, 0.5) is 5.69 Å². The van der Waals surface area contributed by atoms with Crippen molar-refractivity contribution in [1.29, 1.82) is 0 Å². The van der Waals surface area contributed by atoms with E-state index in [1.54, 1.807) is 60.7 Å². The summed E-state index contributed by atoms with van der Waals surface area (Å²) in [5, 5.41) is 4.22. The minimum atomic E-state index is -0.486. The summed E-state index contributed by atoms with van der Waals surface area (Å²) >= 11 is 12.4. The van der Waals surface area contributed by atoms with Crippen molar-refractivity contribution in [3.05, 3.63) is 93.3 Å². The Balaban J connectivity index is 1.51. The SMILES string of the molecule is O=C(COc1ccccc1Cl)Nc1ccc(-c2cc3ccccc3oc2=O)c(Cl)c1. The lowest BCUT2D eigenvalue weighted by Crippen LogP contribution is -2.20. The number of hydrogen-bond acceptors (Lipinski definition) is 4. The average Bonchev–Trinajstić information content (AvgIpc) is 2.73. The third kappa shape index (κ3) is 4.32. The standard InChI is InChI=1S/C23H15Cl2NO4/c24-18-6-2-4-8-21(18)29-13-22(27)26-15-9-10-16(19(25)12-15)17-11-14-5-1-3-7-20(14)30-23(17)28/h1-12H,13H2,(H,26,27). The Morgan fingerprint density at radius 2 is 1.67 bits per heavy atom. The number of fused-ring (bicyclic) bond motifs is 1. The van der Waals surface area contributed by atoms with E-state index in [-0.39, 0.29) is 12.5 Å². The molecular formula is C23H15Cl2NO4. The molecule has 0 radical (unpaired) electrons. The Labute approximate surface area is 181 Å². The number of carbonyl (C=O) groups excluding carboxylic acids is 1. The second-order valence-corrected chi connectivity index (χ2v) is 7.26. The van der Waals surface area contributed by atoms with Gasteiger partial charge in [0.1, 0.15) is 11.3 Å². The molecule has 0 saturated heterocycles. The Hall–Kier alpha value is -3.28. The van der Waals surface area contributed by atoms with Crippen molar-refractivity contribution in [2.75, 3.05) is 11.9 Å². The smallest absolute Gasteiger partial charge is 0.344 e. The van der Waals surface area contributed by atoms with Crippen molar-refractivity contribution in [2.45, 2.75) is 0 Å². The maximum atomic E-state index is 12.4. The number of amides is 1. The zero-order valence-corrected chi connectivity index (χ0v) is 17.0. The van der Waals surface area contributed by atoms with Crippen LogP contribution >= 0.6 is 23.2 Å². The van der Waals surface area contributed by atoms with Gasteiger partial charge < -0.3 is 14.5 Å². The van der Waals surface area contributed by atoms with Crippen molar-refractivity contribution >= 4 is 45.8 Å². The molecule has 4 aromatic rings. The third-order valence-electron chi connectivity index (χ3n) is 4.38. The van der Waals surface area contributed by atoms with Crippen molar-refractivity contribution in [2.24, 2.45) is 0 Å². The molecule has 0 fully saturated rings. The number of rotatable bonds is 5. The van der Waals surface area contributed by atoms with Crippen molar-refractivity contribution in [3.63, 3.8) is 0 Å². The van der Waals surface area contributed by atoms with Crippen LogP contribution in [-0.2, 0) is 4.79 Å². The molecule has 4 rings (SSSR count). The molecule has 1 amide bonds. The van der Waals surface area contributed by atoms with Crippen LogP contribution in [0, 0.1) is 0 Å². The number of carbonyl (C=O) groups is 1. The Morgan fingerprint density at radius 1 is 0.900 bits per heavy atom. The van der Waals surface area contributed by atoms with E-state index in [1.807, 2.05) is 12.1 Å². The van der Waals surface area contributed by atoms with E-state index >= 15 is 0 Å². The van der Waals surface area contributed by atoms with E-state index in [9.17, 15) is 9.59 Å². The number of ether oxygens (including phenoxy) is 1. The molecule has 0 unspecified atom stereocenters. The Kier molecular flexibility index (Phi) is 5.74. The molecule has 150 valence electrons. The summed E-state index contributed by atoms with van der Waals surface area (Å²) in [5.74, 6) is 0.0506. The van der Waals surface area contributed by atoms with Crippen LogP contribution in [0.2, 0.25) is 10.0 Å². The van der Waals surface area contributed by atoms with Crippen molar-refractivity contribution in [3.8, 4) is 16.9 Å². The Bertz CT molecular complexity index is 1300. The summed E-state index contributed by atoms with van der Waals surface area (Å²) in [5.41, 5.74) is 1.35. The zero-order chi connectivity index (χ0) is 21.1. The van der Waals surface area contributed by atoms with Crippen LogP contribution in [0.5, 0.6) is 5.75 Å². The predicted molar refractivity (Wildman–Crippen MR) is 119 cm³/mol. The second-order valence-electron chi connectivity index (χ2n) is 6.45. The highest BCUT2D eigenvalue weighted by Crippen LogP contribution is 2.30. The van der Waals surface area contributed by atoms with Gasteiger partial charge in [0, 0.05) is 16.6 Å². The lowest BCUT2D eigenvalue weighted by atomic mass is 10.1. The molecule has 0 saturated carbocycles. The number of nitrogens with one attached hydrogen (secondary N) is 1. The third-order valence-corrected chi connectivity index (χ3v) is 5.00. The molecule has 0 aliphatic carbocycles. The van der Waals surface area contributed by atoms with Crippen molar-refractivity contribution < 1.29 is 13.9 Å². The average molecular weight is 440 g/mol. The first kappa shape index (κ1) is 20.0. The fourth-order valence-electron chi connectivity index (χ4n) is 2.96. The number of para-hydroxylation sites is 2. The van der Waals surface area contributed by atoms with E-state index in [0.717, 1.165) is 5.39 Å². The molecular weight excluding hydrogens is 425 g/mol. The topological polar surface area (TPSA) is 68.5 Å². The van der Waals surface area contributed by atoms with Gasteiger partial charge in [0.05, 0.1) is 15.6 Å². The molecule has 0 aliphatic rings. The summed E-state index contributed by atoms with van der Waals surface area (Å²) in [6.07, 6.45) is 0. The molecule has 3 aromatic carbocycles. The van der Waals surface area contributed by atoms with Crippen molar-refractivity contribution in [1.82, 2.24) is 0 Å². The summed E-state index contributed by atoms with van der Waals surface area (Å²) in [7, 11) is 0. The fourth-order valence-corrected chi connectivity index (χ4v) is 3.44. The first-order chi connectivity index (χ1) is 14.5. The van der Waals surface area contributed by atoms with Gasteiger partial charge in [-0.2, -0.15) is 0 Å². The van der Waals surface area contributed by atoms with Crippen LogP contribution in [0.15, 0.2) is 82.0 Å². The predicted octanol–water partition coefficient (Wildman–Crippen LogP) is 5.78. The first-order valence-corrected chi connectivity index (χ1v) is 9.77. The quantitative estimate of drug-likeness (QED) is 0.399. The van der Waals surface area contributed by atoms with Gasteiger partial charge in [-0.3, -0.25) is 4.79 Å². The van der Waals surface area contributed by atoms with Crippen LogP contribution < -0.4 is 15.7 Å². The van der Waals surface area contributed by atoms with E-state index in [1.165, 1.54) is 0 Å². The molecule has 5 nitrogen and oxygen atoms in total. The van der Waals surface area contributed by atoms with E-state index < -0.39 is 5.63 Å². The van der Waals surface area contributed by atoms with E-state index in [2.05, 4.69) is 5.32 Å². The molecule has 7 heteroatoms. The lowest BCUT2D eigenvalue weighted by molar-refractivity contribution is -0.118. The molecule has 0 aliphatic heterocycles. The largest absolute Gasteiger partial charge is 0.482 e. The molecule has 1 N–H and O–H groups in total. The van der Waals surface area contributed by atoms with Gasteiger partial charge in [0.25, 0.3) is 5.91 Å². The monoisotopic (exact) mass is 439 g/mol. The lowest BCUT2D eigenvalue weighted by Gasteiger charge is -2.10. The van der Waals surface area contributed by atoms with E-state index in [0.29, 0.717) is 38.2 Å². The maximum absolute atomic E-state index is 12.4. The molecule has 0 bridgehead atoms. The molecule has 0 spiro atoms. The normalized spacial score (nSPS) is 10.7. The maximum Gasteiger partial charge on any atom is 0.344 e. The fraction of sp³-hybridized carbons (Fsp3) is 0.0435. The van der Waals surface area contributed by atoms with Crippen LogP contribution in [0.1, 0.15) is 0 Å². The summed E-state index contributed by atoms with van der Waals surface area (Å²) in [4.78, 5) is 24.6. The van der Waals surface area contributed by atoms with Gasteiger partial charge in [0.15, 0.2) is 6.61 Å². The molecule has 1 aromatic heterocycles. The van der Waals surface area contributed by atoms with Gasteiger partial charge in [-0.25, -0.2) is 4.79 Å². The summed E-state index contributed by atoms with van der Waals surface area (Å²) in [6.45, 7) is -0.211. The summed E-state index contributed by atoms with van der Waals surface area (Å²) < 4.78 is 10.8. The highest BCUT2D eigenvalue weighted by molar-refractivity contribution is 6.33.